The van der Waals surface area contributed by atoms with E-state index < -0.39 is 35.5 Å². The molecule has 8 heteroatoms. The molecular formula is C27H34N2O6. The monoisotopic (exact) mass is 482 g/mol. The van der Waals surface area contributed by atoms with Gasteiger partial charge in [-0.05, 0) is 42.0 Å². The van der Waals surface area contributed by atoms with Crippen LogP contribution in [0, 0.1) is 11.3 Å². The number of carboxylic acid groups (broad SMARTS) is 1. The molecule has 0 aromatic heterocycles. The minimum Gasteiger partial charge on any atom is -0.481 e. The zero-order valence-corrected chi connectivity index (χ0v) is 20.8. The third-order valence-electron chi connectivity index (χ3n) is 6.58. The van der Waals surface area contributed by atoms with E-state index in [1.54, 1.807) is 13.8 Å². The van der Waals surface area contributed by atoms with E-state index in [9.17, 15) is 19.5 Å². The highest BCUT2D eigenvalue weighted by Gasteiger charge is 2.40. The van der Waals surface area contributed by atoms with Crippen molar-refractivity contribution in [2.24, 2.45) is 11.3 Å². The Balaban J connectivity index is 1.67. The number of nitrogens with one attached hydrogen (secondary N) is 2. The van der Waals surface area contributed by atoms with Gasteiger partial charge in [0.05, 0.1) is 12.0 Å². The number of ether oxygens (including phenoxy) is 2. The number of benzene rings is 2. The van der Waals surface area contributed by atoms with E-state index >= 15 is 0 Å². The maximum absolute atomic E-state index is 13.0. The summed E-state index contributed by atoms with van der Waals surface area (Å²) in [5.74, 6) is -1.81. The number of aliphatic carboxylic acids is 1. The maximum atomic E-state index is 13.0. The second kappa shape index (κ2) is 10.9. The molecule has 1 aliphatic carbocycles. The van der Waals surface area contributed by atoms with E-state index in [2.05, 4.69) is 22.8 Å². The first kappa shape index (κ1) is 26.2. The number of fused-ring (bicyclic) bond motifs is 3. The lowest BCUT2D eigenvalue weighted by Gasteiger charge is -2.35. The van der Waals surface area contributed by atoms with Crippen molar-refractivity contribution in [3.8, 4) is 11.1 Å². The summed E-state index contributed by atoms with van der Waals surface area (Å²) < 4.78 is 10.7. The summed E-state index contributed by atoms with van der Waals surface area (Å²) in [5.41, 5.74) is 3.21. The number of carboxylic acids is 1. The number of carbonyl (C=O) groups excluding carboxylic acids is 2. The van der Waals surface area contributed by atoms with Crippen LogP contribution in [0.3, 0.4) is 0 Å². The highest BCUT2D eigenvalue weighted by Crippen LogP contribution is 2.44. The van der Waals surface area contributed by atoms with Gasteiger partial charge in [0, 0.05) is 19.1 Å². The molecule has 2 unspecified atom stereocenters. The maximum Gasteiger partial charge on any atom is 0.407 e. The lowest BCUT2D eigenvalue weighted by Crippen LogP contribution is -2.57. The van der Waals surface area contributed by atoms with Gasteiger partial charge in [0.15, 0.2) is 0 Å². The Morgan fingerprint density at radius 1 is 0.971 bits per heavy atom. The summed E-state index contributed by atoms with van der Waals surface area (Å²) in [6.07, 6.45) is -0.748. The summed E-state index contributed by atoms with van der Waals surface area (Å²) >= 11 is 0. The molecule has 1 aliphatic rings. The van der Waals surface area contributed by atoms with Crippen molar-refractivity contribution in [2.75, 3.05) is 20.3 Å². The van der Waals surface area contributed by atoms with Gasteiger partial charge in [0.25, 0.3) is 0 Å². The number of amides is 2. The molecule has 2 atom stereocenters. The van der Waals surface area contributed by atoms with Gasteiger partial charge >= 0.3 is 12.1 Å². The topological polar surface area (TPSA) is 114 Å². The Morgan fingerprint density at radius 2 is 1.51 bits per heavy atom. The van der Waals surface area contributed by atoms with Crippen LogP contribution in [0.15, 0.2) is 48.5 Å². The lowest BCUT2D eigenvalue weighted by molar-refractivity contribution is -0.150. The van der Waals surface area contributed by atoms with Crippen molar-refractivity contribution in [1.29, 1.82) is 0 Å². The normalized spacial score (nSPS) is 14.6. The minimum atomic E-state index is -1.20. The van der Waals surface area contributed by atoms with Gasteiger partial charge < -0.3 is 25.2 Å². The Labute approximate surface area is 206 Å². The Bertz CT molecular complexity index is 1040. The lowest BCUT2D eigenvalue weighted by atomic mass is 9.78. The molecule has 188 valence electrons. The van der Waals surface area contributed by atoms with Crippen LogP contribution >= 0.6 is 0 Å². The average molecular weight is 483 g/mol. The van der Waals surface area contributed by atoms with Gasteiger partial charge in [-0.25, -0.2) is 4.79 Å². The molecule has 35 heavy (non-hydrogen) atoms. The number of hydrogen-bond acceptors (Lipinski definition) is 5. The van der Waals surface area contributed by atoms with Crippen LogP contribution in [-0.2, 0) is 19.1 Å². The molecular weight excluding hydrogens is 448 g/mol. The molecule has 0 spiro atoms. The van der Waals surface area contributed by atoms with E-state index in [1.807, 2.05) is 50.2 Å². The standard InChI is InChI=1S/C27H34N2O6/c1-16(2)23(27(3,4)25(31)32)29-24(30)22(15-34-5)28-26(33)35-14-21-19-12-8-6-10-17(19)18-11-7-9-13-20(18)21/h6-13,16,21-23H,14-15H2,1-5H3,(H,28,33)(H,29,30)(H,31,32). The third kappa shape index (κ3) is 5.65. The van der Waals surface area contributed by atoms with Gasteiger partial charge in [-0.15, -0.1) is 0 Å². The minimum absolute atomic E-state index is 0.0889. The molecule has 8 nitrogen and oxygen atoms in total. The van der Waals surface area contributed by atoms with Gasteiger partial charge in [-0.3, -0.25) is 9.59 Å². The van der Waals surface area contributed by atoms with Crippen molar-refractivity contribution >= 4 is 18.0 Å². The van der Waals surface area contributed by atoms with Crippen LogP contribution in [0.25, 0.3) is 11.1 Å². The predicted molar refractivity (Wildman–Crippen MR) is 132 cm³/mol. The summed E-state index contributed by atoms with van der Waals surface area (Å²) in [6.45, 7) is 6.81. The van der Waals surface area contributed by atoms with Gasteiger partial charge in [0.1, 0.15) is 12.6 Å². The first-order valence-electron chi connectivity index (χ1n) is 11.7. The van der Waals surface area contributed by atoms with E-state index in [-0.39, 0.29) is 25.0 Å². The van der Waals surface area contributed by atoms with Crippen molar-refractivity contribution in [1.82, 2.24) is 10.6 Å². The Morgan fingerprint density at radius 3 is 2.00 bits per heavy atom. The number of methoxy groups -OCH3 is 1. The van der Waals surface area contributed by atoms with E-state index in [0.29, 0.717) is 0 Å². The van der Waals surface area contributed by atoms with Crippen molar-refractivity contribution in [3.05, 3.63) is 59.7 Å². The fourth-order valence-electron chi connectivity index (χ4n) is 4.70. The molecule has 0 radical (unpaired) electrons. The predicted octanol–water partition coefficient (Wildman–Crippen LogP) is 3.79. The molecule has 0 bridgehead atoms. The zero-order valence-electron chi connectivity index (χ0n) is 20.8. The molecule has 2 aromatic carbocycles. The smallest absolute Gasteiger partial charge is 0.407 e. The summed E-state index contributed by atoms with van der Waals surface area (Å²) in [4.78, 5) is 37.4. The average Bonchev–Trinajstić information content (AvgIpc) is 3.14. The Hall–Kier alpha value is -3.39. The van der Waals surface area contributed by atoms with Crippen LogP contribution in [0.4, 0.5) is 4.79 Å². The first-order chi connectivity index (χ1) is 16.6. The summed E-state index contributed by atoms with van der Waals surface area (Å²) in [6, 6.07) is 14.3. The summed E-state index contributed by atoms with van der Waals surface area (Å²) in [7, 11) is 1.42. The summed E-state index contributed by atoms with van der Waals surface area (Å²) in [5, 5.41) is 15.0. The van der Waals surface area contributed by atoms with Crippen LogP contribution in [0.2, 0.25) is 0 Å². The highest BCUT2D eigenvalue weighted by molar-refractivity contribution is 5.87. The highest BCUT2D eigenvalue weighted by atomic mass is 16.5. The molecule has 2 amide bonds. The second-order valence-corrected chi connectivity index (χ2v) is 9.73. The van der Waals surface area contributed by atoms with Crippen LogP contribution in [0.1, 0.15) is 44.7 Å². The molecule has 0 saturated heterocycles. The fourth-order valence-corrected chi connectivity index (χ4v) is 4.70. The van der Waals surface area contributed by atoms with Gasteiger partial charge in [0.2, 0.25) is 5.91 Å². The molecule has 0 aliphatic heterocycles. The van der Waals surface area contributed by atoms with Crippen LogP contribution in [0.5, 0.6) is 0 Å². The van der Waals surface area contributed by atoms with Crippen molar-refractivity contribution in [2.45, 2.75) is 45.7 Å². The Kier molecular flexibility index (Phi) is 8.17. The molecule has 3 N–H and O–H groups in total. The molecule has 2 aromatic rings. The number of hydrogen-bond donors (Lipinski definition) is 3. The first-order valence-corrected chi connectivity index (χ1v) is 11.7. The van der Waals surface area contributed by atoms with E-state index in [1.165, 1.54) is 7.11 Å². The van der Waals surface area contributed by atoms with E-state index in [4.69, 9.17) is 9.47 Å². The largest absolute Gasteiger partial charge is 0.481 e. The van der Waals surface area contributed by atoms with E-state index in [0.717, 1.165) is 22.3 Å². The number of alkyl carbamates (subject to hydrolysis) is 1. The van der Waals surface area contributed by atoms with Crippen LogP contribution in [-0.4, -0.2) is 55.5 Å². The molecule has 0 saturated carbocycles. The quantitative estimate of drug-likeness (QED) is 0.475. The SMILES string of the molecule is COCC(NC(=O)OCC1c2ccccc2-c2ccccc21)C(=O)NC(C(C)C)C(C)(C)C(=O)O. The molecule has 3 rings (SSSR count). The van der Waals surface area contributed by atoms with Gasteiger partial charge in [-0.2, -0.15) is 0 Å². The fraction of sp³-hybridized carbons (Fsp3) is 0.444. The molecule has 0 fully saturated rings. The van der Waals surface area contributed by atoms with Crippen LogP contribution < -0.4 is 10.6 Å². The third-order valence-corrected chi connectivity index (χ3v) is 6.58. The molecule has 0 heterocycles. The van der Waals surface area contributed by atoms with Crippen molar-refractivity contribution < 1.29 is 29.0 Å². The van der Waals surface area contributed by atoms with Crippen molar-refractivity contribution in [3.63, 3.8) is 0 Å². The number of carbonyl (C=O) groups is 3. The zero-order chi connectivity index (χ0) is 25.8. The number of rotatable bonds is 10. The second-order valence-electron chi connectivity index (χ2n) is 9.73. The van der Waals surface area contributed by atoms with Gasteiger partial charge in [-0.1, -0.05) is 62.4 Å².